The number of hydrogen-bond donors (Lipinski definition) is 1. The van der Waals surface area contributed by atoms with E-state index in [-0.39, 0.29) is 0 Å². The molecule has 0 aliphatic rings. The van der Waals surface area contributed by atoms with Crippen molar-refractivity contribution in [2.24, 2.45) is 7.05 Å². The average Bonchev–Trinajstić information content (AvgIpc) is 2.40. The molecular weight excluding hydrogens is 192 g/mol. The fraction of sp³-hybridized carbons (Fsp3) is 0.300. The van der Waals surface area contributed by atoms with Gasteiger partial charge in [0.1, 0.15) is 0 Å². The van der Waals surface area contributed by atoms with Crippen molar-refractivity contribution in [2.45, 2.75) is 13.8 Å². The van der Waals surface area contributed by atoms with Crippen molar-refractivity contribution in [2.75, 3.05) is 0 Å². The lowest BCUT2D eigenvalue weighted by molar-refractivity contribution is -0.115. The van der Waals surface area contributed by atoms with Crippen LogP contribution in [0.4, 0.5) is 0 Å². The summed E-state index contributed by atoms with van der Waals surface area (Å²) in [6.07, 6.45) is 4.54. The Bertz CT molecular complexity index is 451. The predicted octanol–water partition coefficient (Wildman–Crippen LogP) is 0.647. The van der Waals surface area contributed by atoms with Crippen molar-refractivity contribution in [3.8, 4) is 6.19 Å². The van der Waals surface area contributed by atoms with Crippen LogP contribution in [0.2, 0.25) is 0 Å². The van der Waals surface area contributed by atoms with Crippen molar-refractivity contribution < 1.29 is 4.79 Å². The maximum absolute atomic E-state index is 11.0. The molecule has 1 aromatic heterocycles. The SMILES string of the molecule is Cc1nn(C)c(C)c1C=CC(=O)NC#N. The Hall–Kier alpha value is -2.09. The molecule has 78 valence electrons. The standard InChI is InChI=1S/C10H12N4O/c1-7-9(8(2)14(3)13-7)4-5-10(15)12-6-11/h4-5H,1-3H3,(H,12,15). The van der Waals surface area contributed by atoms with Crippen molar-refractivity contribution in [1.29, 1.82) is 5.26 Å². The molecule has 0 spiro atoms. The normalized spacial score (nSPS) is 10.3. The van der Waals surface area contributed by atoms with E-state index in [0.29, 0.717) is 0 Å². The molecule has 0 fully saturated rings. The number of nitrogens with one attached hydrogen (secondary N) is 1. The number of amides is 1. The van der Waals surface area contributed by atoms with E-state index in [1.54, 1.807) is 17.0 Å². The van der Waals surface area contributed by atoms with E-state index in [0.717, 1.165) is 17.0 Å². The highest BCUT2D eigenvalue weighted by Crippen LogP contribution is 2.13. The van der Waals surface area contributed by atoms with E-state index in [1.807, 2.05) is 26.2 Å². The van der Waals surface area contributed by atoms with Crippen molar-refractivity contribution in [1.82, 2.24) is 15.1 Å². The predicted molar refractivity (Wildman–Crippen MR) is 55.5 cm³/mol. The maximum Gasteiger partial charge on any atom is 0.256 e. The van der Waals surface area contributed by atoms with E-state index in [9.17, 15) is 4.79 Å². The molecule has 1 aromatic rings. The van der Waals surface area contributed by atoms with Crippen LogP contribution in [0.1, 0.15) is 17.0 Å². The molecule has 1 heterocycles. The summed E-state index contributed by atoms with van der Waals surface area (Å²) in [4.78, 5) is 11.0. The minimum atomic E-state index is -0.430. The van der Waals surface area contributed by atoms with Gasteiger partial charge in [-0.2, -0.15) is 10.4 Å². The van der Waals surface area contributed by atoms with Crippen LogP contribution < -0.4 is 5.32 Å². The van der Waals surface area contributed by atoms with Crippen molar-refractivity contribution in [3.63, 3.8) is 0 Å². The molecule has 15 heavy (non-hydrogen) atoms. The summed E-state index contributed by atoms with van der Waals surface area (Å²) < 4.78 is 1.75. The number of nitrogens with zero attached hydrogens (tertiary/aromatic N) is 3. The van der Waals surface area contributed by atoms with Crippen LogP contribution in [0.3, 0.4) is 0 Å². The first-order chi connectivity index (χ1) is 7.06. The zero-order valence-electron chi connectivity index (χ0n) is 8.90. The van der Waals surface area contributed by atoms with E-state index in [2.05, 4.69) is 5.10 Å². The zero-order valence-corrected chi connectivity index (χ0v) is 8.90. The lowest BCUT2D eigenvalue weighted by Gasteiger charge is -1.94. The molecule has 5 nitrogen and oxygen atoms in total. The molecule has 0 bridgehead atoms. The van der Waals surface area contributed by atoms with Gasteiger partial charge in [-0.05, 0) is 19.9 Å². The Kier molecular flexibility index (Phi) is 3.24. The highest BCUT2D eigenvalue weighted by Gasteiger charge is 2.05. The van der Waals surface area contributed by atoms with Crippen LogP contribution >= 0.6 is 0 Å². The minimum Gasteiger partial charge on any atom is -0.272 e. The number of nitriles is 1. The Morgan fingerprint density at radius 3 is 2.73 bits per heavy atom. The van der Waals surface area contributed by atoms with E-state index in [4.69, 9.17) is 5.26 Å². The Morgan fingerprint density at radius 2 is 2.27 bits per heavy atom. The Balaban J connectivity index is 2.90. The molecule has 1 N–H and O–H groups in total. The summed E-state index contributed by atoms with van der Waals surface area (Å²) in [6.45, 7) is 3.79. The van der Waals surface area contributed by atoms with Crippen LogP contribution in [0.5, 0.6) is 0 Å². The van der Waals surface area contributed by atoms with Gasteiger partial charge in [-0.25, -0.2) is 0 Å². The number of hydrogen-bond acceptors (Lipinski definition) is 3. The number of aryl methyl sites for hydroxylation is 2. The number of aromatic nitrogens is 2. The third-order valence-corrected chi connectivity index (χ3v) is 2.15. The van der Waals surface area contributed by atoms with Crippen LogP contribution in [0, 0.1) is 25.3 Å². The molecule has 0 unspecified atom stereocenters. The van der Waals surface area contributed by atoms with Crippen LogP contribution in [0.15, 0.2) is 6.08 Å². The fourth-order valence-electron chi connectivity index (χ4n) is 1.29. The largest absolute Gasteiger partial charge is 0.272 e. The first-order valence-corrected chi connectivity index (χ1v) is 4.43. The molecule has 0 saturated carbocycles. The van der Waals surface area contributed by atoms with Gasteiger partial charge in [0, 0.05) is 24.4 Å². The molecule has 1 amide bonds. The highest BCUT2D eigenvalue weighted by molar-refractivity contribution is 5.92. The summed E-state index contributed by atoms with van der Waals surface area (Å²) in [5, 5.41) is 14.4. The second-order valence-electron chi connectivity index (χ2n) is 3.14. The fourth-order valence-corrected chi connectivity index (χ4v) is 1.29. The number of carbonyl (C=O) groups is 1. The van der Waals surface area contributed by atoms with Gasteiger partial charge in [0.25, 0.3) is 5.91 Å². The summed E-state index contributed by atoms with van der Waals surface area (Å²) >= 11 is 0. The van der Waals surface area contributed by atoms with Gasteiger partial charge in [0.2, 0.25) is 0 Å². The van der Waals surface area contributed by atoms with Gasteiger partial charge < -0.3 is 0 Å². The van der Waals surface area contributed by atoms with Gasteiger partial charge in [-0.15, -0.1) is 0 Å². The molecule has 0 atom stereocenters. The summed E-state index contributed by atoms with van der Waals surface area (Å²) in [6, 6.07) is 0. The first-order valence-electron chi connectivity index (χ1n) is 4.43. The van der Waals surface area contributed by atoms with Gasteiger partial charge in [0.15, 0.2) is 6.19 Å². The van der Waals surface area contributed by atoms with Gasteiger partial charge in [0.05, 0.1) is 5.69 Å². The molecule has 0 saturated heterocycles. The van der Waals surface area contributed by atoms with Crippen LogP contribution in [-0.2, 0) is 11.8 Å². The molecule has 0 aromatic carbocycles. The lowest BCUT2D eigenvalue weighted by Crippen LogP contribution is -2.13. The minimum absolute atomic E-state index is 0.430. The second kappa shape index (κ2) is 4.42. The third kappa shape index (κ3) is 2.44. The summed E-state index contributed by atoms with van der Waals surface area (Å²) in [5.41, 5.74) is 2.75. The van der Waals surface area contributed by atoms with Gasteiger partial charge in [-0.1, -0.05) is 0 Å². The maximum atomic E-state index is 11.0. The molecule has 0 radical (unpaired) electrons. The quantitative estimate of drug-likeness (QED) is 0.436. The molecular formula is C10H12N4O. The van der Waals surface area contributed by atoms with E-state index in [1.165, 1.54) is 6.08 Å². The van der Waals surface area contributed by atoms with Crippen molar-refractivity contribution in [3.05, 3.63) is 23.0 Å². The van der Waals surface area contributed by atoms with Gasteiger partial charge >= 0.3 is 0 Å². The summed E-state index contributed by atoms with van der Waals surface area (Å²) in [5.74, 6) is -0.430. The second-order valence-corrected chi connectivity index (χ2v) is 3.14. The molecule has 0 aliphatic carbocycles. The lowest BCUT2D eigenvalue weighted by atomic mass is 10.2. The smallest absolute Gasteiger partial charge is 0.256 e. The van der Waals surface area contributed by atoms with E-state index < -0.39 is 5.91 Å². The van der Waals surface area contributed by atoms with Crippen LogP contribution in [-0.4, -0.2) is 15.7 Å². The third-order valence-electron chi connectivity index (χ3n) is 2.15. The number of rotatable bonds is 2. The molecule has 5 heteroatoms. The number of carbonyl (C=O) groups excluding carboxylic acids is 1. The monoisotopic (exact) mass is 204 g/mol. The topological polar surface area (TPSA) is 70.7 Å². The highest BCUT2D eigenvalue weighted by atomic mass is 16.1. The van der Waals surface area contributed by atoms with E-state index >= 15 is 0 Å². The van der Waals surface area contributed by atoms with Gasteiger partial charge in [-0.3, -0.25) is 14.8 Å². The first kappa shape index (κ1) is 11.0. The molecule has 0 aliphatic heterocycles. The van der Waals surface area contributed by atoms with Crippen molar-refractivity contribution >= 4 is 12.0 Å². The average molecular weight is 204 g/mol. The Labute approximate surface area is 88.0 Å². The zero-order chi connectivity index (χ0) is 11.4. The molecule has 1 rings (SSSR count). The van der Waals surface area contributed by atoms with Crippen LogP contribution in [0.25, 0.3) is 6.08 Å². The summed E-state index contributed by atoms with van der Waals surface area (Å²) in [7, 11) is 1.84. The Morgan fingerprint density at radius 1 is 1.60 bits per heavy atom.